The molecule has 0 radical (unpaired) electrons. The summed E-state index contributed by atoms with van der Waals surface area (Å²) in [5.74, 6) is 2.09. The Morgan fingerprint density at radius 2 is 1.92 bits per heavy atom. The maximum absolute atomic E-state index is 12.5. The first-order valence-corrected chi connectivity index (χ1v) is 8.09. The fourth-order valence-corrected chi connectivity index (χ4v) is 2.86. The summed E-state index contributed by atoms with van der Waals surface area (Å²) < 4.78 is 12.4. The fraction of sp³-hybridized carbons (Fsp3) is 0.111. The van der Waals surface area contributed by atoms with Crippen molar-refractivity contribution in [2.45, 2.75) is 0 Å². The highest BCUT2D eigenvalue weighted by molar-refractivity contribution is 5.65. The van der Waals surface area contributed by atoms with Crippen molar-refractivity contribution in [3.05, 3.63) is 59.0 Å². The lowest BCUT2D eigenvalue weighted by Crippen LogP contribution is -2.16. The molecule has 0 saturated heterocycles. The van der Waals surface area contributed by atoms with Gasteiger partial charge in [0.2, 0.25) is 11.6 Å². The van der Waals surface area contributed by atoms with Crippen molar-refractivity contribution >= 4 is 5.78 Å². The third kappa shape index (κ3) is 2.39. The highest BCUT2D eigenvalue weighted by Gasteiger charge is 2.15. The van der Waals surface area contributed by atoms with Gasteiger partial charge in [-0.2, -0.15) is 9.50 Å². The third-order valence-corrected chi connectivity index (χ3v) is 4.08. The van der Waals surface area contributed by atoms with Crippen LogP contribution in [-0.2, 0) is 0 Å². The largest absolute Gasteiger partial charge is 0.486 e. The Morgan fingerprint density at radius 3 is 2.77 bits per heavy atom. The molecular weight excluding hydrogens is 334 g/mol. The van der Waals surface area contributed by atoms with Crippen LogP contribution in [0.1, 0.15) is 0 Å². The number of pyridine rings is 1. The Balaban J connectivity index is 1.62. The Kier molecular flexibility index (Phi) is 3.21. The minimum atomic E-state index is -0.279. The number of aromatic nitrogens is 5. The number of rotatable bonds is 2. The highest BCUT2D eigenvalue weighted by Crippen LogP contribution is 2.33. The lowest BCUT2D eigenvalue weighted by molar-refractivity contribution is 0.171. The number of nitrogens with zero attached hydrogens (tertiary/aromatic N) is 4. The second-order valence-electron chi connectivity index (χ2n) is 5.77. The van der Waals surface area contributed by atoms with Crippen LogP contribution in [0.4, 0.5) is 0 Å². The van der Waals surface area contributed by atoms with Crippen LogP contribution in [0.3, 0.4) is 0 Å². The maximum atomic E-state index is 12.5. The zero-order valence-electron chi connectivity index (χ0n) is 13.5. The van der Waals surface area contributed by atoms with Crippen molar-refractivity contribution in [3.63, 3.8) is 0 Å². The molecule has 8 nitrogen and oxygen atoms in total. The number of hydrogen-bond acceptors (Lipinski definition) is 6. The monoisotopic (exact) mass is 347 g/mol. The van der Waals surface area contributed by atoms with E-state index in [1.54, 1.807) is 12.3 Å². The molecule has 26 heavy (non-hydrogen) atoms. The molecule has 8 heteroatoms. The summed E-state index contributed by atoms with van der Waals surface area (Å²) in [6, 6.07) is 12.5. The number of fused-ring (bicyclic) bond motifs is 2. The molecule has 1 aliphatic heterocycles. The first-order valence-electron chi connectivity index (χ1n) is 8.09. The number of nitrogens with one attached hydrogen (secondary N) is 1. The quantitative estimate of drug-likeness (QED) is 0.595. The lowest BCUT2D eigenvalue weighted by atomic mass is 10.1. The fourth-order valence-electron chi connectivity index (χ4n) is 2.86. The van der Waals surface area contributed by atoms with Crippen LogP contribution >= 0.6 is 0 Å². The smallest absolute Gasteiger partial charge is 0.276 e. The normalized spacial score (nSPS) is 13.1. The second kappa shape index (κ2) is 5.69. The zero-order chi connectivity index (χ0) is 17.5. The van der Waals surface area contributed by atoms with E-state index in [1.807, 2.05) is 30.3 Å². The van der Waals surface area contributed by atoms with Crippen LogP contribution in [0.2, 0.25) is 0 Å². The first kappa shape index (κ1) is 14.6. The van der Waals surface area contributed by atoms with Gasteiger partial charge in [-0.15, -0.1) is 5.10 Å². The van der Waals surface area contributed by atoms with Gasteiger partial charge in [-0.3, -0.25) is 9.78 Å². The standard InChI is InChI=1S/C18H13N5O3/c24-16-10-13(11-4-5-14-15(9-11)26-8-7-25-14)20-18-21-17(22-23(16)18)12-3-1-2-6-19-12/h1-6,9-10H,7-8H2,(H,20,21,22). The second-order valence-corrected chi connectivity index (χ2v) is 5.77. The maximum Gasteiger partial charge on any atom is 0.276 e. The van der Waals surface area contributed by atoms with E-state index in [0.29, 0.717) is 47.7 Å². The van der Waals surface area contributed by atoms with Gasteiger partial charge < -0.3 is 14.5 Å². The van der Waals surface area contributed by atoms with Gasteiger partial charge in [0, 0.05) is 17.8 Å². The molecular formula is C18H13N5O3. The summed E-state index contributed by atoms with van der Waals surface area (Å²) in [6.07, 6.45) is 1.66. The summed E-state index contributed by atoms with van der Waals surface area (Å²) in [5.41, 5.74) is 1.75. The van der Waals surface area contributed by atoms with Gasteiger partial charge in [-0.1, -0.05) is 6.07 Å². The van der Waals surface area contributed by atoms with Gasteiger partial charge in [0.05, 0.1) is 5.69 Å². The molecule has 0 spiro atoms. The molecule has 1 aromatic carbocycles. The van der Waals surface area contributed by atoms with Gasteiger partial charge in [-0.25, -0.2) is 0 Å². The van der Waals surface area contributed by atoms with E-state index in [1.165, 1.54) is 10.6 Å². The van der Waals surface area contributed by atoms with E-state index in [0.717, 1.165) is 5.56 Å². The number of aromatic amines is 1. The average molecular weight is 347 g/mol. The molecule has 4 heterocycles. The molecule has 5 rings (SSSR count). The lowest BCUT2D eigenvalue weighted by Gasteiger charge is -2.18. The van der Waals surface area contributed by atoms with E-state index in [9.17, 15) is 4.79 Å². The minimum Gasteiger partial charge on any atom is -0.486 e. The van der Waals surface area contributed by atoms with E-state index in [2.05, 4.69) is 20.1 Å². The molecule has 1 aliphatic rings. The van der Waals surface area contributed by atoms with Gasteiger partial charge in [-0.05, 0) is 30.3 Å². The van der Waals surface area contributed by atoms with Gasteiger partial charge in [0.1, 0.15) is 18.9 Å². The molecule has 0 amide bonds. The highest BCUT2D eigenvalue weighted by atomic mass is 16.6. The van der Waals surface area contributed by atoms with Crippen molar-refractivity contribution in [1.82, 2.24) is 24.6 Å². The Bertz CT molecular complexity index is 1170. The molecule has 0 bridgehead atoms. The summed E-state index contributed by atoms with van der Waals surface area (Å²) in [4.78, 5) is 24.2. The van der Waals surface area contributed by atoms with Gasteiger partial charge in [0.15, 0.2) is 11.5 Å². The molecule has 4 aromatic rings. The van der Waals surface area contributed by atoms with Crippen molar-refractivity contribution < 1.29 is 9.47 Å². The van der Waals surface area contributed by atoms with Crippen molar-refractivity contribution in [2.75, 3.05) is 13.2 Å². The molecule has 1 N–H and O–H groups in total. The van der Waals surface area contributed by atoms with Crippen LogP contribution in [0.15, 0.2) is 53.5 Å². The van der Waals surface area contributed by atoms with Crippen LogP contribution < -0.4 is 15.0 Å². The molecule has 0 unspecified atom stereocenters. The third-order valence-electron chi connectivity index (χ3n) is 4.08. The molecule has 3 aromatic heterocycles. The van der Waals surface area contributed by atoms with Gasteiger partial charge >= 0.3 is 0 Å². The van der Waals surface area contributed by atoms with E-state index in [4.69, 9.17) is 9.47 Å². The Labute approximate surface area is 147 Å². The molecule has 0 fully saturated rings. The molecule has 0 aliphatic carbocycles. The van der Waals surface area contributed by atoms with E-state index >= 15 is 0 Å². The SMILES string of the molecule is O=c1cc(-c2ccc3c(c2)OCCO3)[nH]c2nc(-c3ccccn3)nn12. The average Bonchev–Trinajstić information content (AvgIpc) is 3.13. The van der Waals surface area contributed by atoms with E-state index < -0.39 is 0 Å². The summed E-state index contributed by atoms with van der Waals surface area (Å²) in [7, 11) is 0. The molecule has 0 saturated carbocycles. The van der Waals surface area contributed by atoms with Gasteiger partial charge in [0.25, 0.3) is 5.56 Å². The van der Waals surface area contributed by atoms with Crippen LogP contribution in [0.5, 0.6) is 11.5 Å². The predicted molar refractivity (Wildman–Crippen MR) is 93.3 cm³/mol. The number of benzene rings is 1. The minimum absolute atomic E-state index is 0.279. The molecule has 0 atom stereocenters. The van der Waals surface area contributed by atoms with E-state index in [-0.39, 0.29) is 5.56 Å². The van der Waals surface area contributed by atoms with Crippen LogP contribution in [-0.4, -0.2) is 37.8 Å². The Morgan fingerprint density at radius 1 is 1.04 bits per heavy atom. The van der Waals surface area contributed by atoms with Crippen molar-refractivity contribution in [2.24, 2.45) is 0 Å². The number of H-pyrrole nitrogens is 1. The van der Waals surface area contributed by atoms with Crippen LogP contribution in [0.25, 0.3) is 28.6 Å². The Hall–Kier alpha value is -3.68. The molecule has 128 valence electrons. The van der Waals surface area contributed by atoms with Crippen molar-refractivity contribution in [1.29, 1.82) is 0 Å². The summed E-state index contributed by atoms with van der Waals surface area (Å²) in [6.45, 7) is 1.04. The first-order chi connectivity index (χ1) is 12.8. The number of hydrogen-bond donors (Lipinski definition) is 1. The predicted octanol–water partition coefficient (Wildman–Crippen LogP) is 1.92. The number of ether oxygens (including phenoxy) is 2. The summed E-state index contributed by atoms with van der Waals surface area (Å²) >= 11 is 0. The van der Waals surface area contributed by atoms with Crippen LogP contribution in [0, 0.1) is 0 Å². The zero-order valence-corrected chi connectivity index (χ0v) is 13.5. The summed E-state index contributed by atoms with van der Waals surface area (Å²) in [5, 5.41) is 4.24. The van der Waals surface area contributed by atoms with Crippen molar-refractivity contribution in [3.8, 4) is 34.3 Å². The topological polar surface area (TPSA) is 94.4 Å².